The summed E-state index contributed by atoms with van der Waals surface area (Å²) < 4.78 is 5.29. The number of hydrogen-bond acceptors (Lipinski definition) is 3. The number of hydrogen-bond donors (Lipinski definition) is 1. The van der Waals surface area contributed by atoms with E-state index in [0.29, 0.717) is 10.6 Å². The van der Waals surface area contributed by atoms with Crippen LogP contribution in [0, 0.1) is 11.3 Å². The third-order valence-electron chi connectivity index (χ3n) is 2.44. The first kappa shape index (κ1) is 11.6. The Balaban J connectivity index is 2.17. The molecule has 0 aliphatic heterocycles. The van der Waals surface area contributed by atoms with E-state index in [1.54, 1.807) is 18.4 Å². The monoisotopic (exact) mass is 246 g/mol. The van der Waals surface area contributed by atoms with Crippen LogP contribution in [0.3, 0.4) is 0 Å². The zero-order chi connectivity index (χ0) is 12.3. The first-order valence-corrected chi connectivity index (χ1v) is 5.58. The largest absolute Gasteiger partial charge is 0.467 e. The summed E-state index contributed by atoms with van der Waals surface area (Å²) in [6, 6.07) is 11.1. The fourth-order valence-corrected chi connectivity index (χ4v) is 1.72. The minimum absolute atomic E-state index is 0.0396. The van der Waals surface area contributed by atoms with Crippen molar-refractivity contribution in [1.29, 1.82) is 5.26 Å². The Hall–Kier alpha value is -1.92. The zero-order valence-corrected chi connectivity index (χ0v) is 10.0. The second-order valence-electron chi connectivity index (χ2n) is 3.69. The SMILES string of the molecule is CC(Nc1ccc(Cl)c(C#N)c1)c1ccco1. The van der Waals surface area contributed by atoms with Gasteiger partial charge in [0, 0.05) is 5.69 Å². The van der Waals surface area contributed by atoms with Crippen LogP contribution >= 0.6 is 11.6 Å². The van der Waals surface area contributed by atoms with Crippen LogP contribution < -0.4 is 5.32 Å². The van der Waals surface area contributed by atoms with Gasteiger partial charge in [-0.05, 0) is 37.3 Å². The van der Waals surface area contributed by atoms with Crippen molar-refractivity contribution in [2.24, 2.45) is 0 Å². The van der Waals surface area contributed by atoms with E-state index in [0.717, 1.165) is 11.4 Å². The molecule has 0 saturated carbocycles. The first-order valence-electron chi connectivity index (χ1n) is 5.20. The second-order valence-corrected chi connectivity index (χ2v) is 4.10. The van der Waals surface area contributed by atoms with Crippen LogP contribution in [-0.4, -0.2) is 0 Å². The van der Waals surface area contributed by atoms with Gasteiger partial charge in [0.05, 0.1) is 22.9 Å². The molecule has 1 atom stereocenters. The van der Waals surface area contributed by atoms with E-state index in [4.69, 9.17) is 21.3 Å². The molecule has 1 unspecified atom stereocenters. The van der Waals surface area contributed by atoms with Crippen molar-refractivity contribution >= 4 is 17.3 Å². The third-order valence-corrected chi connectivity index (χ3v) is 2.77. The van der Waals surface area contributed by atoms with Crippen LogP contribution in [-0.2, 0) is 0 Å². The molecule has 0 aliphatic carbocycles. The average Bonchev–Trinajstić information content (AvgIpc) is 2.85. The average molecular weight is 247 g/mol. The molecule has 1 N–H and O–H groups in total. The molecule has 0 bridgehead atoms. The quantitative estimate of drug-likeness (QED) is 0.891. The van der Waals surface area contributed by atoms with Crippen molar-refractivity contribution in [3.63, 3.8) is 0 Å². The van der Waals surface area contributed by atoms with Gasteiger partial charge in [0.25, 0.3) is 0 Å². The fraction of sp³-hybridized carbons (Fsp3) is 0.154. The minimum atomic E-state index is 0.0396. The van der Waals surface area contributed by atoms with E-state index in [1.165, 1.54) is 0 Å². The highest BCUT2D eigenvalue weighted by atomic mass is 35.5. The van der Waals surface area contributed by atoms with Crippen molar-refractivity contribution < 1.29 is 4.42 Å². The lowest BCUT2D eigenvalue weighted by Crippen LogP contribution is -2.05. The van der Waals surface area contributed by atoms with Crippen LogP contribution in [0.15, 0.2) is 41.0 Å². The number of nitriles is 1. The molecule has 1 heterocycles. The van der Waals surface area contributed by atoms with Gasteiger partial charge in [-0.3, -0.25) is 0 Å². The summed E-state index contributed by atoms with van der Waals surface area (Å²) in [6.07, 6.45) is 1.64. The first-order chi connectivity index (χ1) is 8.20. The lowest BCUT2D eigenvalue weighted by Gasteiger charge is -2.13. The molecular formula is C13H11ClN2O. The van der Waals surface area contributed by atoms with E-state index in [-0.39, 0.29) is 6.04 Å². The normalized spacial score (nSPS) is 11.8. The number of nitrogens with zero attached hydrogens (tertiary/aromatic N) is 1. The maximum Gasteiger partial charge on any atom is 0.125 e. The molecular weight excluding hydrogens is 236 g/mol. The van der Waals surface area contributed by atoms with Gasteiger partial charge in [-0.25, -0.2) is 0 Å². The highest BCUT2D eigenvalue weighted by Crippen LogP contribution is 2.23. The molecule has 0 spiro atoms. The second kappa shape index (κ2) is 4.94. The topological polar surface area (TPSA) is 49.0 Å². The molecule has 0 radical (unpaired) electrons. The Morgan fingerprint density at radius 3 is 2.88 bits per heavy atom. The van der Waals surface area contributed by atoms with Gasteiger partial charge in [-0.2, -0.15) is 5.26 Å². The highest BCUT2D eigenvalue weighted by molar-refractivity contribution is 6.31. The van der Waals surface area contributed by atoms with E-state index >= 15 is 0 Å². The highest BCUT2D eigenvalue weighted by Gasteiger charge is 2.08. The zero-order valence-electron chi connectivity index (χ0n) is 9.27. The lowest BCUT2D eigenvalue weighted by molar-refractivity contribution is 0.490. The molecule has 1 aromatic heterocycles. The molecule has 0 aliphatic rings. The number of anilines is 1. The van der Waals surface area contributed by atoms with Gasteiger partial charge in [0.2, 0.25) is 0 Å². The molecule has 3 nitrogen and oxygen atoms in total. The van der Waals surface area contributed by atoms with E-state index in [2.05, 4.69) is 5.32 Å². The van der Waals surface area contributed by atoms with E-state index < -0.39 is 0 Å². The van der Waals surface area contributed by atoms with Crippen LogP contribution in [0.5, 0.6) is 0 Å². The summed E-state index contributed by atoms with van der Waals surface area (Å²) >= 11 is 5.86. The predicted molar refractivity (Wildman–Crippen MR) is 66.9 cm³/mol. The Morgan fingerprint density at radius 2 is 2.24 bits per heavy atom. The molecule has 2 aromatic rings. The summed E-state index contributed by atoms with van der Waals surface area (Å²) in [5, 5.41) is 12.6. The van der Waals surface area contributed by atoms with Crippen molar-refractivity contribution in [2.75, 3.05) is 5.32 Å². The van der Waals surface area contributed by atoms with Crippen molar-refractivity contribution in [3.8, 4) is 6.07 Å². The van der Waals surface area contributed by atoms with Gasteiger partial charge in [-0.15, -0.1) is 0 Å². The summed E-state index contributed by atoms with van der Waals surface area (Å²) in [5.74, 6) is 0.846. The molecule has 4 heteroatoms. The smallest absolute Gasteiger partial charge is 0.125 e. The Labute approximate surface area is 105 Å². The number of halogens is 1. The van der Waals surface area contributed by atoms with Crippen molar-refractivity contribution in [1.82, 2.24) is 0 Å². The number of nitrogens with one attached hydrogen (secondary N) is 1. The molecule has 86 valence electrons. The van der Waals surface area contributed by atoms with Gasteiger partial charge < -0.3 is 9.73 Å². The van der Waals surface area contributed by atoms with E-state index in [1.807, 2.05) is 31.2 Å². The lowest BCUT2D eigenvalue weighted by atomic mass is 10.2. The van der Waals surface area contributed by atoms with Crippen molar-refractivity contribution in [3.05, 3.63) is 52.9 Å². The van der Waals surface area contributed by atoms with Gasteiger partial charge in [0.15, 0.2) is 0 Å². The van der Waals surface area contributed by atoms with Crippen molar-refractivity contribution in [2.45, 2.75) is 13.0 Å². The molecule has 0 fully saturated rings. The standard InChI is InChI=1S/C13H11ClN2O/c1-9(13-3-2-6-17-13)16-11-4-5-12(14)10(7-11)8-15/h2-7,9,16H,1H3. The molecule has 0 amide bonds. The van der Waals surface area contributed by atoms with Gasteiger partial charge in [0.1, 0.15) is 11.8 Å². The Bertz CT molecular complexity index is 543. The summed E-state index contributed by atoms with van der Waals surface area (Å²) in [4.78, 5) is 0. The molecule has 1 aromatic carbocycles. The maximum atomic E-state index is 8.88. The van der Waals surface area contributed by atoms with Gasteiger partial charge in [-0.1, -0.05) is 11.6 Å². The molecule has 2 rings (SSSR count). The number of benzene rings is 1. The van der Waals surface area contributed by atoms with E-state index in [9.17, 15) is 0 Å². The van der Waals surface area contributed by atoms with Crippen LogP contribution in [0.4, 0.5) is 5.69 Å². The van der Waals surface area contributed by atoms with Crippen LogP contribution in [0.25, 0.3) is 0 Å². The van der Waals surface area contributed by atoms with Crippen LogP contribution in [0.1, 0.15) is 24.3 Å². The third kappa shape index (κ3) is 2.61. The summed E-state index contributed by atoms with van der Waals surface area (Å²) in [7, 11) is 0. The van der Waals surface area contributed by atoms with Crippen LogP contribution in [0.2, 0.25) is 5.02 Å². The van der Waals surface area contributed by atoms with Gasteiger partial charge >= 0.3 is 0 Å². The Kier molecular flexibility index (Phi) is 3.36. The fourth-order valence-electron chi connectivity index (χ4n) is 1.56. The summed E-state index contributed by atoms with van der Waals surface area (Å²) in [6.45, 7) is 1.99. The molecule has 17 heavy (non-hydrogen) atoms. The predicted octanol–water partition coefficient (Wildman–Crippen LogP) is 3.98. The number of rotatable bonds is 3. The molecule has 0 saturated heterocycles. The number of furan rings is 1. The maximum absolute atomic E-state index is 8.88. The summed E-state index contributed by atoms with van der Waals surface area (Å²) in [5.41, 5.74) is 1.30. The minimum Gasteiger partial charge on any atom is -0.467 e. The Morgan fingerprint density at radius 1 is 1.41 bits per heavy atom.